The third-order valence-corrected chi connectivity index (χ3v) is 6.88. The number of carbonyl (C=O) groups is 3. The van der Waals surface area contributed by atoms with E-state index in [0.717, 1.165) is 11.3 Å². The van der Waals surface area contributed by atoms with E-state index in [-0.39, 0.29) is 27.4 Å². The van der Waals surface area contributed by atoms with Crippen molar-refractivity contribution >= 4 is 39.9 Å². The van der Waals surface area contributed by atoms with Gasteiger partial charge in [-0.05, 0) is 51.1 Å². The number of hydrogen-bond donors (Lipinski definition) is 1. The van der Waals surface area contributed by atoms with Crippen molar-refractivity contribution in [1.29, 1.82) is 0 Å². The van der Waals surface area contributed by atoms with E-state index in [1.165, 1.54) is 19.1 Å². The predicted octanol–water partition coefficient (Wildman–Crippen LogP) is 4.66. The average Bonchev–Trinajstić information content (AvgIpc) is 3.39. The number of ketones is 1. The van der Waals surface area contributed by atoms with Gasteiger partial charge in [0.25, 0.3) is 5.78 Å². The average molecular weight is 523 g/mol. The molecule has 1 aliphatic rings. The second kappa shape index (κ2) is 10.4. The number of aliphatic hydroxyl groups excluding tert-OH is 1. The summed E-state index contributed by atoms with van der Waals surface area (Å²) in [6.45, 7) is 5.41. The minimum absolute atomic E-state index is 0.0352. The molecule has 0 radical (unpaired) electrons. The van der Waals surface area contributed by atoms with Gasteiger partial charge in [-0.2, -0.15) is 0 Å². The number of para-hydroxylation sites is 1. The Morgan fingerprint density at radius 3 is 2.38 bits per heavy atom. The van der Waals surface area contributed by atoms with Crippen molar-refractivity contribution in [3.05, 3.63) is 75.8 Å². The zero-order chi connectivity index (χ0) is 26.9. The number of carbonyl (C=O) groups excluding carboxylic acids is 3. The van der Waals surface area contributed by atoms with Gasteiger partial charge < -0.3 is 19.3 Å². The maximum Gasteiger partial charge on any atom is 0.350 e. The molecule has 2 heterocycles. The quantitative estimate of drug-likeness (QED) is 0.206. The van der Waals surface area contributed by atoms with Crippen LogP contribution in [0.5, 0.6) is 11.5 Å². The summed E-state index contributed by atoms with van der Waals surface area (Å²) >= 11 is 0.930. The number of aryl methyl sites for hydroxylation is 1. The zero-order valence-corrected chi connectivity index (χ0v) is 21.8. The van der Waals surface area contributed by atoms with Crippen molar-refractivity contribution in [2.24, 2.45) is 0 Å². The van der Waals surface area contributed by atoms with E-state index in [0.29, 0.717) is 28.3 Å². The molecule has 9 nitrogen and oxygen atoms in total. The molecule has 1 fully saturated rings. The molecule has 1 unspecified atom stereocenters. The summed E-state index contributed by atoms with van der Waals surface area (Å²) in [4.78, 5) is 44.8. The highest BCUT2D eigenvalue weighted by Crippen LogP contribution is 2.46. The van der Waals surface area contributed by atoms with Crippen LogP contribution in [-0.4, -0.2) is 48.1 Å². The first-order valence-corrected chi connectivity index (χ1v) is 12.3. The third-order valence-electron chi connectivity index (χ3n) is 5.74. The highest BCUT2D eigenvalue weighted by molar-refractivity contribution is 7.17. The molecule has 1 atom stereocenters. The van der Waals surface area contributed by atoms with E-state index >= 15 is 0 Å². The van der Waals surface area contributed by atoms with E-state index < -0.39 is 23.7 Å². The van der Waals surface area contributed by atoms with Crippen LogP contribution in [0.1, 0.15) is 46.4 Å². The number of aromatic nitrogens is 1. The summed E-state index contributed by atoms with van der Waals surface area (Å²) < 4.78 is 16.0. The van der Waals surface area contributed by atoms with Crippen LogP contribution in [0.2, 0.25) is 0 Å². The number of anilines is 1. The van der Waals surface area contributed by atoms with Gasteiger partial charge in [-0.3, -0.25) is 14.5 Å². The second-order valence-electron chi connectivity index (χ2n) is 8.50. The molecule has 0 bridgehead atoms. The monoisotopic (exact) mass is 522 g/mol. The van der Waals surface area contributed by atoms with Gasteiger partial charge in [0.1, 0.15) is 28.2 Å². The normalized spacial score (nSPS) is 16.8. The number of rotatable bonds is 7. The van der Waals surface area contributed by atoms with E-state index in [9.17, 15) is 19.5 Å². The van der Waals surface area contributed by atoms with E-state index in [1.54, 1.807) is 55.5 Å². The molecule has 1 saturated heterocycles. The van der Waals surface area contributed by atoms with Crippen LogP contribution in [-0.2, 0) is 14.3 Å². The Balaban J connectivity index is 1.91. The van der Waals surface area contributed by atoms with Crippen molar-refractivity contribution < 1.29 is 33.7 Å². The van der Waals surface area contributed by atoms with Crippen LogP contribution in [0, 0.1) is 6.92 Å². The number of methoxy groups -OCH3 is 2. The lowest BCUT2D eigenvalue weighted by Crippen LogP contribution is -2.29. The van der Waals surface area contributed by atoms with Crippen LogP contribution < -0.4 is 14.4 Å². The molecular formula is C27H26N2O7S. The maximum absolute atomic E-state index is 13.4. The molecule has 1 aliphatic heterocycles. The summed E-state index contributed by atoms with van der Waals surface area (Å²) in [6.07, 6.45) is -0.0352. The zero-order valence-electron chi connectivity index (χ0n) is 21.0. The van der Waals surface area contributed by atoms with Crippen LogP contribution >= 0.6 is 11.3 Å². The first-order chi connectivity index (χ1) is 17.7. The van der Waals surface area contributed by atoms with Crippen LogP contribution in [0.25, 0.3) is 5.76 Å². The van der Waals surface area contributed by atoms with Crippen LogP contribution in [0.4, 0.5) is 5.13 Å². The van der Waals surface area contributed by atoms with Crippen molar-refractivity contribution in [3.8, 4) is 11.5 Å². The first kappa shape index (κ1) is 25.9. The van der Waals surface area contributed by atoms with Gasteiger partial charge >= 0.3 is 11.9 Å². The lowest BCUT2D eigenvalue weighted by molar-refractivity contribution is -0.132. The number of hydrogen-bond acceptors (Lipinski definition) is 9. The number of Topliss-reactive ketones (excluding diaryl/α,β-unsaturated/α-hetero) is 1. The molecule has 1 N–H and O–H groups in total. The second-order valence-corrected chi connectivity index (χ2v) is 9.48. The number of thiazole rings is 1. The molecule has 3 aromatic rings. The highest BCUT2D eigenvalue weighted by Gasteiger charge is 2.49. The van der Waals surface area contributed by atoms with Gasteiger partial charge in [-0.1, -0.05) is 29.5 Å². The van der Waals surface area contributed by atoms with Gasteiger partial charge in [0.15, 0.2) is 5.13 Å². The number of amides is 1. The van der Waals surface area contributed by atoms with E-state index in [1.807, 2.05) is 13.8 Å². The molecule has 1 aromatic heterocycles. The Morgan fingerprint density at radius 2 is 1.76 bits per heavy atom. The summed E-state index contributed by atoms with van der Waals surface area (Å²) in [6, 6.07) is 12.4. The number of aliphatic hydroxyl groups is 1. The fourth-order valence-electron chi connectivity index (χ4n) is 4.10. The van der Waals surface area contributed by atoms with Gasteiger partial charge in [-0.15, -0.1) is 0 Å². The number of nitrogens with zero attached hydrogens (tertiary/aromatic N) is 2. The topological polar surface area (TPSA) is 115 Å². The third kappa shape index (κ3) is 4.79. The smallest absolute Gasteiger partial charge is 0.350 e. The Hall–Kier alpha value is -4.18. The molecule has 1 amide bonds. The summed E-state index contributed by atoms with van der Waals surface area (Å²) in [5, 5.41) is 11.5. The Morgan fingerprint density at radius 1 is 1.08 bits per heavy atom. The number of esters is 1. The van der Waals surface area contributed by atoms with Crippen LogP contribution in [0.3, 0.4) is 0 Å². The largest absolute Gasteiger partial charge is 0.507 e. The minimum atomic E-state index is -1.06. The molecular weight excluding hydrogens is 496 g/mol. The van der Waals surface area contributed by atoms with Gasteiger partial charge in [0.2, 0.25) is 0 Å². The summed E-state index contributed by atoms with van der Waals surface area (Å²) in [7, 11) is 2.72. The minimum Gasteiger partial charge on any atom is -0.507 e. The molecule has 10 heteroatoms. The fraction of sp³-hybridized carbons (Fsp3) is 0.259. The van der Waals surface area contributed by atoms with E-state index in [4.69, 9.17) is 14.2 Å². The molecule has 0 aliphatic carbocycles. The molecule has 37 heavy (non-hydrogen) atoms. The van der Waals surface area contributed by atoms with Crippen molar-refractivity contribution in [3.63, 3.8) is 0 Å². The highest BCUT2D eigenvalue weighted by atomic mass is 32.1. The predicted molar refractivity (Wildman–Crippen MR) is 138 cm³/mol. The molecule has 192 valence electrons. The van der Waals surface area contributed by atoms with Crippen molar-refractivity contribution in [2.45, 2.75) is 32.9 Å². The SMILES string of the molecule is COC(=O)c1sc(N2C(=O)C(=O)/C(=C(/O)c3ccc(OC(C)C)cc3)C2c2ccccc2OC)nc1C. The Labute approximate surface area is 217 Å². The summed E-state index contributed by atoms with van der Waals surface area (Å²) in [5.41, 5.74) is 1.03. The van der Waals surface area contributed by atoms with E-state index in [2.05, 4.69) is 4.98 Å². The van der Waals surface area contributed by atoms with Crippen molar-refractivity contribution in [1.82, 2.24) is 4.98 Å². The molecule has 0 saturated carbocycles. The van der Waals surface area contributed by atoms with Crippen molar-refractivity contribution in [2.75, 3.05) is 19.1 Å². The Bertz CT molecular complexity index is 1390. The summed E-state index contributed by atoms with van der Waals surface area (Å²) in [5.74, 6) is -1.72. The van der Waals surface area contributed by atoms with Crippen LogP contribution in [0.15, 0.2) is 54.1 Å². The fourth-order valence-corrected chi connectivity index (χ4v) is 5.11. The maximum atomic E-state index is 13.4. The molecule has 0 spiro atoms. The van der Waals surface area contributed by atoms with Gasteiger partial charge in [0, 0.05) is 11.1 Å². The lowest BCUT2D eigenvalue weighted by Gasteiger charge is -2.24. The molecule has 4 rings (SSSR count). The van der Waals surface area contributed by atoms with Gasteiger partial charge in [0.05, 0.1) is 31.6 Å². The Kier molecular flexibility index (Phi) is 7.30. The number of ether oxygens (including phenoxy) is 3. The first-order valence-electron chi connectivity index (χ1n) is 11.4. The number of benzene rings is 2. The van der Waals surface area contributed by atoms with Gasteiger partial charge in [-0.25, -0.2) is 9.78 Å². The molecule has 2 aromatic carbocycles. The standard InChI is InChI=1S/C27H26N2O7S/c1-14(2)36-17-12-10-16(11-13-17)22(30)20-21(18-8-6-7-9-19(18)34-4)29(25(32)23(20)31)27-28-15(3)24(37-27)26(33)35-5/h6-14,21,30H,1-5H3/b22-20+. The lowest BCUT2D eigenvalue weighted by atomic mass is 9.94.